The lowest BCUT2D eigenvalue weighted by Gasteiger charge is -2.31. The molecular formula is C13H16N2O5. The molecule has 0 unspecified atom stereocenters. The molecule has 108 valence electrons. The van der Waals surface area contributed by atoms with Crippen LogP contribution in [0.1, 0.15) is 23.2 Å². The predicted octanol–water partition coefficient (Wildman–Crippen LogP) is 0.537. The summed E-state index contributed by atoms with van der Waals surface area (Å²) in [4.78, 5) is 23.3. The summed E-state index contributed by atoms with van der Waals surface area (Å²) in [5.41, 5.74) is 4.88. The van der Waals surface area contributed by atoms with Gasteiger partial charge in [-0.2, -0.15) is 0 Å². The van der Waals surface area contributed by atoms with E-state index in [1.165, 1.54) is 12.1 Å². The van der Waals surface area contributed by atoms with Gasteiger partial charge in [0.15, 0.2) is 0 Å². The van der Waals surface area contributed by atoms with E-state index < -0.39 is 17.4 Å². The summed E-state index contributed by atoms with van der Waals surface area (Å²) >= 11 is 0. The first-order valence-corrected chi connectivity index (χ1v) is 6.17. The van der Waals surface area contributed by atoms with Crippen molar-refractivity contribution in [3.63, 3.8) is 0 Å². The normalized spacial score (nSPS) is 17.4. The maximum atomic E-state index is 12.2. The minimum Gasteiger partial charge on any atom is -0.508 e. The van der Waals surface area contributed by atoms with Gasteiger partial charge in [0.2, 0.25) is 5.91 Å². The number of carboxylic acids is 1. The van der Waals surface area contributed by atoms with Crippen LogP contribution < -0.4 is 11.1 Å². The van der Waals surface area contributed by atoms with Crippen molar-refractivity contribution in [2.45, 2.75) is 18.4 Å². The average Bonchev–Trinajstić information content (AvgIpc) is 2.41. The SMILES string of the molecule is NC1(C(=O)Nc2ccc(O)cc2C(=O)O)CCOCC1. The van der Waals surface area contributed by atoms with Crippen molar-refractivity contribution in [1.82, 2.24) is 0 Å². The van der Waals surface area contributed by atoms with Crippen molar-refractivity contribution in [3.05, 3.63) is 23.8 Å². The molecular weight excluding hydrogens is 264 g/mol. The van der Waals surface area contributed by atoms with Gasteiger partial charge in [-0.3, -0.25) is 4.79 Å². The minimum absolute atomic E-state index is 0.108. The topological polar surface area (TPSA) is 122 Å². The van der Waals surface area contributed by atoms with E-state index in [4.69, 9.17) is 15.6 Å². The third-order valence-corrected chi connectivity index (χ3v) is 3.32. The number of hydrogen-bond acceptors (Lipinski definition) is 5. The molecule has 1 aliphatic rings. The first-order valence-electron chi connectivity index (χ1n) is 6.17. The van der Waals surface area contributed by atoms with Gasteiger partial charge < -0.3 is 26.0 Å². The number of benzene rings is 1. The molecule has 0 bridgehead atoms. The Bertz CT molecular complexity index is 538. The maximum Gasteiger partial charge on any atom is 0.337 e. The van der Waals surface area contributed by atoms with Crippen LogP contribution in [0, 0.1) is 0 Å². The van der Waals surface area contributed by atoms with Gasteiger partial charge in [-0.25, -0.2) is 4.79 Å². The van der Waals surface area contributed by atoms with Crippen LogP contribution in [0.3, 0.4) is 0 Å². The number of rotatable bonds is 3. The minimum atomic E-state index is -1.24. The first kappa shape index (κ1) is 14.3. The molecule has 1 aromatic carbocycles. The highest BCUT2D eigenvalue weighted by Crippen LogP contribution is 2.24. The number of carboxylic acid groups (broad SMARTS) is 1. The largest absolute Gasteiger partial charge is 0.508 e. The van der Waals surface area contributed by atoms with Crippen LogP contribution in [-0.2, 0) is 9.53 Å². The van der Waals surface area contributed by atoms with Gasteiger partial charge in [0.05, 0.1) is 11.3 Å². The molecule has 0 aromatic heterocycles. The van der Waals surface area contributed by atoms with Crippen LogP contribution in [0.2, 0.25) is 0 Å². The molecule has 0 atom stereocenters. The van der Waals surface area contributed by atoms with Gasteiger partial charge in [-0.15, -0.1) is 0 Å². The average molecular weight is 280 g/mol. The fourth-order valence-electron chi connectivity index (χ4n) is 2.03. The van der Waals surface area contributed by atoms with Crippen LogP contribution >= 0.6 is 0 Å². The lowest BCUT2D eigenvalue weighted by molar-refractivity contribution is -0.124. The van der Waals surface area contributed by atoms with Crippen LogP contribution in [0.15, 0.2) is 18.2 Å². The molecule has 0 spiro atoms. The summed E-state index contributed by atoms with van der Waals surface area (Å²) in [7, 11) is 0. The molecule has 7 nitrogen and oxygen atoms in total. The zero-order chi connectivity index (χ0) is 14.8. The number of carbonyl (C=O) groups excluding carboxylic acids is 1. The van der Waals surface area contributed by atoms with Gasteiger partial charge >= 0.3 is 5.97 Å². The molecule has 7 heteroatoms. The molecule has 1 fully saturated rings. The number of nitrogens with two attached hydrogens (primary N) is 1. The van der Waals surface area contributed by atoms with Gasteiger partial charge in [0.25, 0.3) is 0 Å². The van der Waals surface area contributed by atoms with Gasteiger partial charge in [-0.1, -0.05) is 0 Å². The van der Waals surface area contributed by atoms with Crippen molar-refractivity contribution >= 4 is 17.6 Å². The Hall–Kier alpha value is -2.12. The van der Waals surface area contributed by atoms with Gasteiger partial charge in [0, 0.05) is 13.2 Å². The summed E-state index contributed by atoms with van der Waals surface area (Å²) in [5, 5.41) is 20.9. The third-order valence-electron chi connectivity index (χ3n) is 3.32. The van der Waals surface area contributed by atoms with Crippen molar-refractivity contribution < 1.29 is 24.5 Å². The lowest BCUT2D eigenvalue weighted by atomic mass is 9.90. The van der Waals surface area contributed by atoms with Crippen molar-refractivity contribution in [2.75, 3.05) is 18.5 Å². The fraction of sp³-hybridized carbons (Fsp3) is 0.385. The number of anilines is 1. The first-order chi connectivity index (χ1) is 9.42. The molecule has 1 aliphatic heterocycles. The second-order valence-corrected chi connectivity index (χ2v) is 4.76. The van der Waals surface area contributed by atoms with Crippen molar-refractivity contribution in [2.24, 2.45) is 5.73 Å². The number of aromatic carboxylic acids is 1. The molecule has 5 N–H and O–H groups in total. The Morgan fingerprint density at radius 1 is 1.30 bits per heavy atom. The molecule has 0 saturated carbocycles. The number of nitrogens with one attached hydrogen (secondary N) is 1. The molecule has 2 rings (SSSR count). The summed E-state index contributed by atoms with van der Waals surface area (Å²) in [6.45, 7) is 0.788. The molecule has 1 saturated heterocycles. The number of phenolic OH excluding ortho intramolecular Hbond substituents is 1. The van der Waals surface area contributed by atoms with Crippen LogP contribution in [-0.4, -0.2) is 40.8 Å². The Labute approximate surface area is 115 Å². The molecule has 20 heavy (non-hydrogen) atoms. The van der Waals surface area contributed by atoms with E-state index in [-0.39, 0.29) is 17.0 Å². The second kappa shape index (κ2) is 5.48. The van der Waals surface area contributed by atoms with E-state index in [1.54, 1.807) is 0 Å². The molecule has 0 radical (unpaired) electrons. The highest BCUT2D eigenvalue weighted by molar-refractivity contribution is 6.04. The summed E-state index contributed by atoms with van der Waals surface area (Å²) < 4.78 is 5.16. The summed E-state index contributed by atoms with van der Waals surface area (Å²) in [6.07, 6.45) is 0.749. The zero-order valence-corrected chi connectivity index (χ0v) is 10.8. The Morgan fingerprint density at radius 3 is 2.55 bits per heavy atom. The zero-order valence-electron chi connectivity index (χ0n) is 10.8. The number of phenols is 1. The highest BCUT2D eigenvalue weighted by Gasteiger charge is 2.36. The lowest BCUT2D eigenvalue weighted by Crippen LogP contribution is -2.54. The number of ether oxygens (including phenoxy) is 1. The molecule has 1 heterocycles. The molecule has 1 amide bonds. The molecule has 1 aromatic rings. The number of aromatic hydroxyl groups is 1. The summed E-state index contributed by atoms with van der Waals surface area (Å²) in [6, 6.07) is 3.71. The maximum absolute atomic E-state index is 12.2. The van der Waals surface area contributed by atoms with Crippen molar-refractivity contribution in [1.29, 1.82) is 0 Å². The number of amides is 1. The predicted molar refractivity (Wildman–Crippen MR) is 70.7 cm³/mol. The molecule has 0 aliphatic carbocycles. The van der Waals surface area contributed by atoms with E-state index in [1.807, 2.05) is 0 Å². The van der Waals surface area contributed by atoms with Crippen LogP contribution in [0.25, 0.3) is 0 Å². The number of hydrogen-bond donors (Lipinski definition) is 4. The highest BCUT2D eigenvalue weighted by atomic mass is 16.5. The van der Waals surface area contributed by atoms with E-state index >= 15 is 0 Å². The van der Waals surface area contributed by atoms with E-state index in [2.05, 4.69) is 5.32 Å². The fourth-order valence-corrected chi connectivity index (χ4v) is 2.03. The van der Waals surface area contributed by atoms with Crippen LogP contribution in [0.5, 0.6) is 5.75 Å². The Balaban J connectivity index is 2.21. The van der Waals surface area contributed by atoms with E-state index in [0.717, 1.165) is 6.07 Å². The smallest absolute Gasteiger partial charge is 0.337 e. The van der Waals surface area contributed by atoms with Gasteiger partial charge in [0.1, 0.15) is 11.3 Å². The quantitative estimate of drug-likeness (QED) is 0.599. The standard InChI is InChI=1S/C13H16N2O5/c14-13(3-5-20-6-4-13)12(19)15-10-2-1-8(16)7-9(10)11(17)18/h1-2,7,16H,3-6,14H2,(H,15,19)(H,17,18). The van der Waals surface area contributed by atoms with Gasteiger partial charge in [-0.05, 0) is 31.0 Å². The monoisotopic (exact) mass is 280 g/mol. The van der Waals surface area contributed by atoms with Crippen LogP contribution in [0.4, 0.5) is 5.69 Å². The Kier molecular flexibility index (Phi) is 3.91. The van der Waals surface area contributed by atoms with E-state index in [9.17, 15) is 14.7 Å². The third kappa shape index (κ3) is 2.89. The van der Waals surface area contributed by atoms with Crippen molar-refractivity contribution in [3.8, 4) is 5.75 Å². The van der Waals surface area contributed by atoms with E-state index in [0.29, 0.717) is 26.1 Å². The Morgan fingerprint density at radius 2 is 1.95 bits per heavy atom. The summed E-state index contributed by atoms with van der Waals surface area (Å²) in [5.74, 6) is -1.88. The number of carbonyl (C=O) groups is 2. The second-order valence-electron chi connectivity index (χ2n) is 4.76.